The summed E-state index contributed by atoms with van der Waals surface area (Å²) >= 11 is 0. The number of hydrogen-bond acceptors (Lipinski definition) is 6. The highest BCUT2D eigenvalue weighted by Gasteiger charge is 2.21. The summed E-state index contributed by atoms with van der Waals surface area (Å²) in [6.07, 6.45) is 1.76. The molecule has 17 heavy (non-hydrogen) atoms. The van der Waals surface area contributed by atoms with Crippen molar-refractivity contribution in [3.63, 3.8) is 0 Å². The zero-order chi connectivity index (χ0) is 12.1. The minimum atomic E-state index is 0.462. The van der Waals surface area contributed by atoms with Gasteiger partial charge in [0.05, 0.1) is 19.8 Å². The maximum absolute atomic E-state index is 5.35. The number of aromatic nitrogens is 2. The van der Waals surface area contributed by atoms with Gasteiger partial charge >= 0.3 is 0 Å². The van der Waals surface area contributed by atoms with Crippen molar-refractivity contribution < 1.29 is 14.0 Å². The van der Waals surface area contributed by atoms with Crippen LogP contribution in [0.2, 0.25) is 0 Å². The molecule has 0 amide bonds. The molecule has 1 atom stereocenters. The zero-order valence-electron chi connectivity index (χ0n) is 10.4. The Labute approximate surface area is 101 Å². The molecule has 1 aliphatic rings. The lowest BCUT2D eigenvalue weighted by Gasteiger charge is -2.20. The lowest BCUT2D eigenvalue weighted by atomic mass is 10.2. The summed E-state index contributed by atoms with van der Waals surface area (Å²) in [7, 11) is 3.72. The fourth-order valence-corrected chi connectivity index (χ4v) is 1.86. The summed E-state index contributed by atoms with van der Waals surface area (Å²) in [5.41, 5.74) is 0. The molecule has 1 aromatic heterocycles. The van der Waals surface area contributed by atoms with Crippen LogP contribution in [0.1, 0.15) is 18.1 Å². The average Bonchev–Trinajstić information content (AvgIpc) is 2.97. The zero-order valence-corrected chi connectivity index (χ0v) is 10.4. The van der Waals surface area contributed by atoms with Crippen molar-refractivity contribution in [2.45, 2.75) is 25.4 Å². The van der Waals surface area contributed by atoms with Gasteiger partial charge in [0, 0.05) is 26.2 Å². The van der Waals surface area contributed by atoms with Crippen LogP contribution in [0.15, 0.2) is 4.52 Å². The SMILES string of the molecule is COCCc1noc(CN(C)[C@@H]2CCOC2)n1. The van der Waals surface area contributed by atoms with Crippen molar-refractivity contribution in [1.82, 2.24) is 15.0 Å². The molecule has 0 saturated carbocycles. The second kappa shape index (κ2) is 6.09. The number of likely N-dealkylation sites (N-methyl/N-ethyl adjacent to an activating group) is 1. The fraction of sp³-hybridized carbons (Fsp3) is 0.818. The van der Waals surface area contributed by atoms with E-state index in [1.54, 1.807) is 7.11 Å². The van der Waals surface area contributed by atoms with Gasteiger partial charge in [-0.1, -0.05) is 5.16 Å². The molecule has 0 radical (unpaired) electrons. The summed E-state index contributed by atoms with van der Waals surface area (Å²) in [5, 5.41) is 3.91. The first-order valence-electron chi connectivity index (χ1n) is 5.88. The number of nitrogens with zero attached hydrogens (tertiary/aromatic N) is 3. The normalized spacial score (nSPS) is 20.3. The summed E-state index contributed by atoms with van der Waals surface area (Å²) in [6, 6.07) is 0.462. The molecule has 1 saturated heterocycles. The van der Waals surface area contributed by atoms with Crippen LogP contribution in [0, 0.1) is 0 Å². The Morgan fingerprint density at radius 1 is 1.53 bits per heavy atom. The highest BCUT2D eigenvalue weighted by molar-refractivity contribution is 4.87. The van der Waals surface area contributed by atoms with Crippen LogP contribution in [-0.2, 0) is 22.4 Å². The lowest BCUT2D eigenvalue weighted by molar-refractivity contribution is 0.148. The molecule has 0 spiro atoms. The summed E-state index contributed by atoms with van der Waals surface area (Å²) in [6.45, 7) is 2.93. The van der Waals surface area contributed by atoms with Gasteiger partial charge in [0.25, 0.3) is 0 Å². The van der Waals surface area contributed by atoms with Gasteiger partial charge in [-0.3, -0.25) is 4.90 Å². The molecule has 6 heteroatoms. The minimum Gasteiger partial charge on any atom is -0.384 e. The quantitative estimate of drug-likeness (QED) is 0.722. The Morgan fingerprint density at radius 3 is 3.12 bits per heavy atom. The molecule has 0 aromatic carbocycles. The predicted octanol–water partition coefficient (Wildman–Crippen LogP) is 0.479. The van der Waals surface area contributed by atoms with E-state index in [1.807, 2.05) is 0 Å². The third-order valence-electron chi connectivity index (χ3n) is 2.95. The van der Waals surface area contributed by atoms with Gasteiger partial charge in [-0.2, -0.15) is 4.98 Å². The maximum atomic E-state index is 5.35. The van der Waals surface area contributed by atoms with Gasteiger partial charge in [-0.05, 0) is 13.5 Å². The van der Waals surface area contributed by atoms with Crippen molar-refractivity contribution in [2.75, 3.05) is 34.0 Å². The number of ether oxygens (including phenoxy) is 2. The molecule has 96 valence electrons. The first kappa shape index (κ1) is 12.5. The monoisotopic (exact) mass is 241 g/mol. The Kier molecular flexibility index (Phi) is 4.47. The van der Waals surface area contributed by atoms with E-state index in [4.69, 9.17) is 14.0 Å². The third-order valence-corrected chi connectivity index (χ3v) is 2.95. The van der Waals surface area contributed by atoms with Crippen LogP contribution in [0.4, 0.5) is 0 Å². The van der Waals surface area contributed by atoms with Crippen molar-refractivity contribution in [3.8, 4) is 0 Å². The van der Waals surface area contributed by atoms with Crippen molar-refractivity contribution in [3.05, 3.63) is 11.7 Å². The van der Waals surface area contributed by atoms with Crippen molar-refractivity contribution >= 4 is 0 Å². The van der Waals surface area contributed by atoms with E-state index in [0.29, 0.717) is 37.3 Å². The molecule has 1 fully saturated rings. The molecule has 6 nitrogen and oxygen atoms in total. The van der Waals surface area contributed by atoms with E-state index in [1.165, 1.54) is 0 Å². The third kappa shape index (κ3) is 3.49. The molecule has 1 aromatic rings. The first-order chi connectivity index (χ1) is 8.29. The van der Waals surface area contributed by atoms with Gasteiger partial charge in [0.2, 0.25) is 5.89 Å². The minimum absolute atomic E-state index is 0.462. The fourth-order valence-electron chi connectivity index (χ4n) is 1.86. The predicted molar refractivity (Wildman–Crippen MR) is 60.6 cm³/mol. The molecule has 0 aliphatic carbocycles. The highest BCUT2D eigenvalue weighted by Crippen LogP contribution is 2.13. The molecule has 0 bridgehead atoms. The summed E-state index contributed by atoms with van der Waals surface area (Å²) < 4.78 is 15.5. The van der Waals surface area contributed by atoms with E-state index < -0.39 is 0 Å². The first-order valence-corrected chi connectivity index (χ1v) is 5.88. The van der Waals surface area contributed by atoms with Crippen molar-refractivity contribution in [1.29, 1.82) is 0 Å². The molecule has 1 aliphatic heterocycles. The van der Waals surface area contributed by atoms with Crippen LogP contribution in [0.3, 0.4) is 0 Å². The number of hydrogen-bond donors (Lipinski definition) is 0. The van der Waals surface area contributed by atoms with Crippen LogP contribution in [0.5, 0.6) is 0 Å². The maximum Gasteiger partial charge on any atom is 0.240 e. The summed E-state index contributed by atoms with van der Waals surface area (Å²) in [4.78, 5) is 6.51. The number of rotatable bonds is 6. The van der Waals surface area contributed by atoms with Gasteiger partial charge in [-0.15, -0.1) is 0 Å². The van der Waals surface area contributed by atoms with Gasteiger partial charge in [0.1, 0.15) is 0 Å². The molecule has 0 N–H and O–H groups in total. The van der Waals surface area contributed by atoms with Gasteiger partial charge < -0.3 is 14.0 Å². The Morgan fingerprint density at radius 2 is 2.41 bits per heavy atom. The van der Waals surface area contributed by atoms with Crippen LogP contribution in [0.25, 0.3) is 0 Å². The van der Waals surface area contributed by atoms with Gasteiger partial charge in [0.15, 0.2) is 5.82 Å². The molecular formula is C11H19N3O3. The Bertz CT molecular complexity index is 336. The van der Waals surface area contributed by atoms with Crippen LogP contribution < -0.4 is 0 Å². The summed E-state index contributed by atoms with van der Waals surface area (Å²) in [5.74, 6) is 1.36. The highest BCUT2D eigenvalue weighted by atomic mass is 16.5. The van der Waals surface area contributed by atoms with Crippen LogP contribution >= 0.6 is 0 Å². The molecular weight excluding hydrogens is 222 g/mol. The van der Waals surface area contributed by atoms with E-state index in [2.05, 4.69) is 22.1 Å². The Hall–Kier alpha value is -0.980. The van der Waals surface area contributed by atoms with Crippen LogP contribution in [-0.4, -0.2) is 55.1 Å². The van der Waals surface area contributed by atoms with E-state index in [0.717, 1.165) is 19.6 Å². The molecule has 2 rings (SSSR count). The largest absolute Gasteiger partial charge is 0.384 e. The standard InChI is InChI=1S/C11H19N3O3/c1-14(9-3-6-16-8-9)7-11-12-10(13-17-11)4-5-15-2/h9H,3-8H2,1-2H3/t9-/m1/s1. The number of methoxy groups -OCH3 is 1. The average molecular weight is 241 g/mol. The molecule has 2 heterocycles. The van der Waals surface area contributed by atoms with Gasteiger partial charge in [-0.25, -0.2) is 0 Å². The second-order valence-corrected chi connectivity index (χ2v) is 4.28. The van der Waals surface area contributed by atoms with E-state index >= 15 is 0 Å². The Balaban J connectivity index is 1.83. The molecule has 0 unspecified atom stereocenters. The lowest BCUT2D eigenvalue weighted by Crippen LogP contribution is -2.31. The van der Waals surface area contributed by atoms with E-state index in [-0.39, 0.29) is 0 Å². The smallest absolute Gasteiger partial charge is 0.240 e. The van der Waals surface area contributed by atoms with Crippen molar-refractivity contribution in [2.24, 2.45) is 0 Å². The topological polar surface area (TPSA) is 60.6 Å². The second-order valence-electron chi connectivity index (χ2n) is 4.28. The van der Waals surface area contributed by atoms with E-state index in [9.17, 15) is 0 Å².